The molecule has 0 saturated carbocycles. The summed E-state index contributed by atoms with van der Waals surface area (Å²) < 4.78 is 0. The Hall–Kier alpha value is -0.190. The molecule has 3 nitrogen and oxygen atoms in total. The fourth-order valence-corrected chi connectivity index (χ4v) is 1.24. The Morgan fingerprint density at radius 1 is 1.42 bits per heavy atom. The van der Waals surface area contributed by atoms with E-state index in [1.165, 1.54) is 0 Å². The Morgan fingerprint density at radius 2 is 2.08 bits per heavy atom. The maximum atomic E-state index is 8.52. The molecular formula is C8H18N2OS. The van der Waals surface area contributed by atoms with Gasteiger partial charge < -0.3 is 10.8 Å². The normalized spacial score (nSPS) is 10.6. The fourth-order valence-electron chi connectivity index (χ4n) is 1.02. The minimum absolute atomic E-state index is 0.291. The van der Waals surface area contributed by atoms with E-state index in [0.29, 0.717) is 18.1 Å². The summed E-state index contributed by atoms with van der Waals surface area (Å²) in [6.45, 7) is 1.98. The van der Waals surface area contributed by atoms with Crippen LogP contribution in [0.4, 0.5) is 0 Å². The number of thiocarbonyl (C=S) groups is 1. The number of aliphatic hydroxyl groups is 1. The maximum Gasteiger partial charge on any atom is 0.0869 e. The highest BCUT2D eigenvalue weighted by Gasteiger charge is 1.98. The highest BCUT2D eigenvalue weighted by Crippen LogP contribution is 1.95. The van der Waals surface area contributed by atoms with Crippen molar-refractivity contribution in [1.29, 1.82) is 0 Å². The second-order valence-electron chi connectivity index (χ2n) is 2.99. The summed E-state index contributed by atoms with van der Waals surface area (Å²) in [4.78, 5) is 2.64. The monoisotopic (exact) mass is 190 g/mol. The van der Waals surface area contributed by atoms with E-state index in [0.717, 1.165) is 25.8 Å². The van der Waals surface area contributed by atoms with Gasteiger partial charge in [0.25, 0.3) is 0 Å². The molecule has 0 rings (SSSR count). The lowest BCUT2D eigenvalue weighted by atomic mass is 10.2. The van der Waals surface area contributed by atoms with Crippen LogP contribution in [0.1, 0.15) is 19.3 Å². The molecular weight excluding hydrogens is 172 g/mol. The summed E-state index contributed by atoms with van der Waals surface area (Å²) in [5.41, 5.74) is 5.37. The van der Waals surface area contributed by atoms with Crippen LogP contribution in [0.2, 0.25) is 0 Å². The first-order chi connectivity index (χ1) is 5.66. The summed E-state index contributed by atoms with van der Waals surface area (Å²) >= 11 is 4.77. The van der Waals surface area contributed by atoms with Crippen molar-refractivity contribution in [3.8, 4) is 0 Å². The van der Waals surface area contributed by atoms with Gasteiger partial charge in [-0.15, -0.1) is 0 Å². The van der Waals surface area contributed by atoms with Gasteiger partial charge in [0.2, 0.25) is 0 Å². The van der Waals surface area contributed by atoms with Gasteiger partial charge in [-0.25, -0.2) is 0 Å². The van der Waals surface area contributed by atoms with Gasteiger partial charge in [-0.3, -0.25) is 4.90 Å². The highest BCUT2D eigenvalue weighted by atomic mass is 32.1. The Labute approximate surface area is 79.5 Å². The maximum absolute atomic E-state index is 8.52. The number of likely N-dealkylation sites (N-methyl/N-ethyl adjacent to an activating group) is 1. The average Bonchev–Trinajstić information content (AvgIpc) is 1.97. The van der Waals surface area contributed by atoms with E-state index in [-0.39, 0.29) is 0 Å². The summed E-state index contributed by atoms with van der Waals surface area (Å²) in [5, 5.41) is 8.52. The molecule has 0 saturated heterocycles. The van der Waals surface area contributed by atoms with E-state index in [1.807, 2.05) is 7.05 Å². The largest absolute Gasteiger partial charge is 0.396 e. The van der Waals surface area contributed by atoms with Crippen LogP contribution in [0.3, 0.4) is 0 Å². The van der Waals surface area contributed by atoms with Crippen molar-refractivity contribution in [2.24, 2.45) is 5.73 Å². The quantitative estimate of drug-likeness (QED) is 0.450. The predicted octanol–water partition coefficient (Wildman–Crippen LogP) is 0.367. The number of hydrogen-bond acceptors (Lipinski definition) is 3. The van der Waals surface area contributed by atoms with Crippen molar-refractivity contribution in [3.63, 3.8) is 0 Å². The molecule has 72 valence electrons. The van der Waals surface area contributed by atoms with Gasteiger partial charge in [0.1, 0.15) is 0 Å². The van der Waals surface area contributed by atoms with Gasteiger partial charge in [-0.05, 0) is 32.9 Å². The Morgan fingerprint density at radius 3 is 2.58 bits per heavy atom. The van der Waals surface area contributed by atoms with Crippen molar-refractivity contribution in [3.05, 3.63) is 0 Å². The van der Waals surface area contributed by atoms with Gasteiger partial charge in [0.05, 0.1) is 4.99 Å². The molecule has 4 heteroatoms. The molecule has 0 amide bonds. The molecule has 0 aromatic rings. The molecule has 0 aromatic heterocycles. The molecule has 0 spiro atoms. The molecule has 0 aliphatic carbocycles. The number of unbranched alkanes of at least 4 members (excludes halogenated alkanes) is 2. The van der Waals surface area contributed by atoms with Crippen LogP contribution < -0.4 is 5.73 Å². The van der Waals surface area contributed by atoms with E-state index in [4.69, 9.17) is 23.1 Å². The lowest BCUT2D eigenvalue weighted by Gasteiger charge is -2.14. The number of nitrogens with two attached hydrogens (primary N) is 1. The van der Waals surface area contributed by atoms with Crippen LogP contribution in [0.15, 0.2) is 0 Å². The van der Waals surface area contributed by atoms with E-state index in [2.05, 4.69) is 4.90 Å². The van der Waals surface area contributed by atoms with Gasteiger partial charge >= 0.3 is 0 Å². The van der Waals surface area contributed by atoms with Gasteiger partial charge in [0, 0.05) is 13.2 Å². The molecule has 0 fully saturated rings. The third-order valence-electron chi connectivity index (χ3n) is 1.62. The predicted molar refractivity (Wildman–Crippen MR) is 55.2 cm³/mol. The third-order valence-corrected chi connectivity index (χ3v) is 1.75. The van der Waals surface area contributed by atoms with Crippen molar-refractivity contribution in [2.45, 2.75) is 19.3 Å². The van der Waals surface area contributed by atoms with Crippen LogP contribution in [0.25, 0.3) is 0 Å². The molecule has 0 heterocycles. The molecule has 0 unspecified atom stereocenters. The van der Waals surface area contributed by atoms with Gasteiger partial charge in [-0.2, -0.15) is 0 Å². The van der Waals surface area contributed by atoms with Crippen molar-refractivity contribution in [2.75, 3.05) is 26.7 Å². The number of nitrogens with zero attached hydrogens (tertiary/aromatic N) is 1. The SMILES string of the molecule is CN(CCCCCO)CC(N)=S. The minimum Gasteiger partial charge on any atom is -0.396 e. The van der Waals surface area contributed by atoms with E-state index in [1.54, 1.807) is 0 Å². The molecule has 0 aromatic carbocycles. The topological polar surface area (TPSA) is 49.5 Å². The van der Waals surface area contributed by atoms with Crippen molar-refractivity contribution < 1.29 is 5.11 Å². The number of hydrogen-bond donors (Lipinski definition) is 2. The van der Waals surface area contributed by atoms with E-state index >= 15 is 0 Å². The standard InChI is InChI=1S/C8H18N2OS/c1-10(7-8(9)12)5-3-2-4-6-11/h11H,2-7H2,1H3,(H2,9,12). The molecule has 0 radical (unpaired) electrons. The summed E-state index contributed by atoms with van der Waals surface area (Å²) in [7, 11) is 2.00. The molecule has 3 N–H and O–H groups in total. The Bertz CT molecular complexity index is 130. The fraction of sp³-hybridized carbons (Fsp3) is 0.875. The van der Waals surface area contributed by atoms with Crippen LogP contribution in [0, 0.1) is 0 Å². The van der Waals surface area contributed by atoms with Crippen LogP contribution >= 0.6 is 12.2 Å². The third kappa shape index (κ3) is 7.91. The Balaban J connectivity index is 3.19. The first-order valence-electron chi connectivity index (χ1n) is 4.24. The van der Waals surface area contributed by atoms with Crippen molar-refractivity contribution in [1.82, 2.24) is 4.90 Å². The average molecular weight is 190 g/mol. The van der Waals surface area contributed by atoms with E-state index < -0.39 is 0 Å². The summed E-state index contributed by atoms with van der Waals surface area (Å²) in [6, 6.07) is 0. The minimum atomic E-state index is 0.291. The Kier molecular flexibility index (Phi) is 7.34. The second kappa shape index (κ2) is 7.46. The lowest BCUT2D eigenvalue weighted by Crippen LogP contribution is -2.30. The van der Waals surface area contributed by atoms with Gasteiger partial charge in [0.15, 0.2) is 0 Å². The smallest absolute Gasteiger partial charge is 0.0869 e. The van der Waals surface area contributed by atoms with Gasteiger partial charge in [-0.1, -0.05) is 12.2 Å². The molecule has 0 bridgehead atoms. The summed E-state index contributed by atoms with van der Waals surface area (Å²) in [5.74, 6) is 0. The lowest BCUT2D eigenvalue weighted by molar-refractivity contribution is 0.277. The highest BCUT2D eigenvalue weighted by molar-refractivity contribution is 7.80. The zero-order valence-corrected chi connectivity index (χ0v) is 8.44. The van der Waals surface area contributed by atoms with Crippen LogP contribution in [-0.2, 0) is 0 Å². The summed E-state index contributed by atoms with van der Waals surface area (Å²) in [6.07, 6.45) is 3.05. The van der Waals surface area contributed by atoms with Crippen molar-refractivity contribution >= 4 is 17.2 Å². The zero-order chi connectivity index (χ0) is 9.40. The molecule has 0 atom stereocenters. The van der Waals surface area contributed by atoms with Crippen LogP contribution in [-0.4, -0.2) is 41.7 Å². The second-order valence-corrected chi connectivity index (χ2v) is 3.51. The molecule has 0 aliphatic heterocycles. The molecule has 0 aliphatic rings. The first-order valence-corrected chi connectivity index (χ1v) is 4.65. The number of aliphatic hydroxyl groups excluding tert-OH is 1. The first kappa shape index (κ1) is 11.8. The van der Waals surface area contributed by atoms with Crippen LogP contribution in [0.5, 0.6) is 0 Å². The zero-order valence-electron chi connectivity index (χ0n) is 7.62. The number of rotatable bonds is 7. The molecule has 12 heavy (non-hydrogen) atoms. The van der Waals surface area contributed by atoms with E-state index in [9.17, 15) is 0 Å².